The van der Waals surface area contributed by atoms with Gasteiger partial charge in [-0.25, -0.2) is 18.7 Å². The zero-order valence-electron chi connectivity index (χ0n) is 20.1. The van der Waals surface area contributed by atoms with Crippen LogP contribution in [0.5, 0.6) is 5.75 Å². The van der Waals surface area contributed by atoms with Gasteiger partial charge in [0.15, 0.2) is 11.6 Å². The molecular weight excluding hydrogens is 470 g/mol. The summed E-state index contributed by atoms with van der Waals surface area (Å²) in [6.07, 6.45) is 5.93. The highest BCUT2D eigenvalue weighted by Crippen LogP contribution is 2.45. The molecule has 2 bridgehead atoms. The predicted molar refractivity (Wildman–Crippen MR) is 133 cm³/mol. The van der Waals surface area contributed by atoms with Crippen molar-refractivity contribution in [2.24, 2.45) is 0 Å². The molecule has 2 aliphatic heterocycles. The smallest absolute Gasteiger partial charge is 0.185 e. The molecule has 4 heterocycles. The lowest BCUT2D eigenvalue weighted by atomic mass is 9.82. The second-order valence-corrected chi connectivity index (χ2v) is 10.8. The van der Waals surface area contributed by atoms with Crippen molar-refractivity contribution in [3.63, 3.8) is 0 Å². The van der Waals surface area contributed by atoms with Gasteiger partial charge in [0.05, 0.1) is 29.0 Å². The number of alkyl halides is 1. The maximum absolute atomic E-state index is 15.4. The normalized spacial score (nSPS) is 27.7. The highest BCUT2D eigenvalue weighted by atomic mass is 32.2. The van der Waals surface area contributed by atoms with Crippen molar-refractivity contribution in [3.8, 4) is 28.3 Å². The number of piperidine rings is 1. The van der Waals surface area contributed by atoms with Crippen LogP contribution in [-0.4, -0.2) is 61.9 Å². The number of nitrogens with zero attached hydrogens (tertiary/aromatic N) is 5. The molecule has 0 amide bonds. The van der Waals surface area contributed by atoms with Crippen molar-refractivity contribution >= 4 is 17.6 Å². The molecule has 0 spiro atoms. The SMILES string of the molecule is CSc1cc(-c2ccc(-c3ncc(N(C)[C@@H]4C[C@@]5(C)CC[C@](C)(N5)[C@@H]4F)nn3)c(O)c2)c(F)cn1. The lowest BCUT2D eigenvalue weighted by Gasteiger charge is -2.47. The second kappa shape index (κ2) is 8.67. The molecule has 5 rings (SSSR count). The highest BCUT2D eigenvalue weighted by Gasteiger charge is 2.56. The number of thioether (sulfide) groups is 1. The molecule has 0 aliphatic carbocycles. The largest absolute Gasteiger partial charge is 0.507 e. The number of hydrogen-bond acceptors (Lipinski definition) is 8. The molecule has 0 unspecified atom stereocenters. The van der Waals surface area contributed by atoms with Crippen LogP contribution < -0.4 is 10.2 Å². The number of rotatable bonds is 5. The molecular formula is C25H28F2N6OS. The molecule has 7 nitrogen and oxygen atoms in total. The third kappa shape index (κ3) is 4.23. The average Bonchev–Trinajstić information content (AvgIpc) is 3.13. The Bertz CT molecular complexity index is 1260. The van der Waals surface area contributed by atoms with Crippen molar-refractivity contribution < 1.29 is 13.9 Å². The first-order valence-electron chi connectivity index (χ1n) is 11.5. The van der Waals surface area contributed by atoms with Crippen LogP contribution in [0, 0.1) is 5.82 Å². The van der Waals surface area contributed by atoms with E-state index in [-0.39, 0.29) is 23.2 Å². The summed E-state index contributed by atoms with van der Waals surface area (Å²) < 4.78 is 29.8. The quantitative estimate of drug-likeness (QED) is 0.493. The summed E-state index contributed by atoms with van der Waals surface area (Å²) in [5.41, 5.74) is 0.586. The van der Waals surface area contributed by atoms with E-state index < -0.39 is 17.5 Å². The Labute approximate surface area is 207 Å². The zero-order valence-corrected chi connectivity index (χ0v) is 20.9. The number of phenolic OH excluding ortho intramolecular Hbond substituents is 1. The van der Waals surface area contributed by atoms with E-state index in [2.05, 4.69) is 32.4 Å². The number of hydrogen-bond donors (Lipinski definition) is 2. The molecule has 35 heavy (non-hydrogen) atoms. The van der Waals surface area contributed by atoms with Gasteiger partial charge in [-0.05, 0) is 63.1 Å². The minimum atomic E-state index is -1.05. The Kier molecular flexibility index (Phi) is 5.91. The summed E-state index contributed by atoms with van der Waals surface area (Å²) in [7, 11) is 1.82. The van der Waals surface area contributed by atoms with E-state index in [4.69, 9.17) is 0 Å². The van der Waals surface area contributed by atoms with Gasteiger partial charge in [0.25, 0.3) is 0 Å². The first-order chi connectivity index (χ1) is 16.6. The fourth-order valence-electron chi connectivity index (χ4n) is 5.40. The minimum Gasteiger partial charge on any atom is -0.507 e. The van der Waals surface area contributed by atoms with Crippen LogP contribution in [0.3, 0.4) is 0 Å². The number of phenols is 1. The van der Waals surface area contributed by atoms with Crippen molar-refractivity contribution in [1.29, 1.82) is 0 Å². The molecule has 2 aliphatic rings. The Morgan fingerprint density at radius 2 is 1.91 bits per heavy atom. The number of nitrogens with one attached hydrogen (secondary N) is 1. The third-order valence-corrected chi connectivity index (χ3v) is 8.03. The van der Waals surface area contributed by atoms with Crippen LogP contribution in [0.15, 0.2) is 41.7 Å². The minimum absolute atomic E-state index is 0.0908. The van der Waals surface area contributed by atoms with Gasteiger partial charge in [-0.1, -0.05) is 6.07 Å². The molecule has 3 aromatic rings. The Morgan fingerprint density at radius 3 is 2.60 bits per heavy atom. The van der Waals surface area contributed by atoms with Crippen LogP contribution in [0.25, 0.3) is 22.5 Å². The van der Waals surface area contributed by atoms with Crippen LogP contribution >= 0.6 is 11.8 Å². The molecule has 184 valence electrons. The summed E-state index contributed by atoms with van der Waals surface area (Å²) in [6.45, 7) is 4.09. The van der Waals surface area contributed by atoms with E-state index in [9.17, 15) is 9.50 Å². The molecule has 2 aromatic heterocycles. The average molecular weight is 499 g/mol. The lowest BCUT2D eigenvalue weighted by molar-refractivity contribution is 0.0859. The number of benzene rings is 1. The molecule has 2 N–H and O–H groups in total. The molecule has 0 saturated carbocycles. The third-order valence-electron chi connectivity index (χ3n) is 7.39. The maximum Gasteiger partial charge on any atom is 0.185 e. The first-order valence-corrected chi connectivity index (χ1v) is 12.7. The van der Waals surface area contributed by atoms with Gasteiger partial charge in [0.2, 0.25) is 0 Å². The number of aromatic nitrogens is 4. The van der Waals surface area contributed by atoms with Crippen LogP contribution in [0.1, 0.15) is 33.1 Å². The van der Waals surface area contributed by atoms with Crippen LogP contribution in [0.4, 0.5) is 14.6 Å². The summed E-state index contributed by atoms with van der Waals surface area (Å²) in [6, 6.07) is 6.10. The molecule has 2 fully saturated rings. The number of anilines is 1. The van der Waals surface area contributed by atoms with Crippen molar-refractivity contribution in [1.82, 2.24) is 25.5 Å². The van der Waals surface area contributed by atoms with Crippen molar-refractivity contribution in [2.45, 2.75) is 61.4 Å². The lowest BCUT2D eigenvalue weighted by Crippen LogP contribution is -2.65. The fourth-order valence-corrected chi connectivity index (χ4v) is 5.79. The number of fused-ring (bicyclic) bond motifs is 2. The Balaban J connectivity index is 1.38. The Morgan fingerprint density at radius 1 is 1.11 bits per heavy atom. The maximum atomic E-state index is 15.4. The molecule has 10 heteroatoms. The van der Waals surface area contributed by atoms with Crippen molar-refractivity contribution in [2.75, 3.05) is 18.2 Å². The predicted octanol–water partition coefficient (Wildman–Crippen LogP) is 4.61. The summed E-state index contributed by atoms with van der Waals surface area (Å²) in [5.74, 6) is 0.133. The van der Waals surface area contributed by atoms with E-state index in [0.29, 0.717) is 34.0 Å². The van der Waals surface area contributed by atoms with Gasteiger partial charge < -0.3 is 15.3 Å². The van der Waals surface area contributed by atoms with Crippen LogP contribution in [-0.2, 0) is 0 Å². The van der Waals surface area contributed by atoms with E-state index >= 15 is 4.39 Å². The second-order valence-electron chi connectivity index (χ2n) is 9.97. The zero-order chi connectivity index (χ0) is 25.0. The summed E-state index contributed by atoms with van der Waals surface area (Å²) in [5, 5.41) is 23.3. The number of aromatic hydroxyl groups is 1. The van der Waals surface area contributed by atoms with E-state index in [1.54, 1.807) is 24.4 Å². The van der Waals surface area contributed by atoms with Gasteiger partial charge in [-0.3, -0.25) is 0 Å². The summed E-state index contributed by atoms with van der Waals surface area (Å²) in [4.78, 5) is 10.2. The molecule has 2 saturated heterocycles. The number of halogens is 2. The van der Waals surface area contributed by atoms with E-state index in [0.717, 1.165) is 12.8 Å². The Hall–Kier alpha value is -2.85. The van der Waals surface area contributed by atoms with Gasteiger partial charge in [-0.2, -0.15) is 0 Å². The van der Waals surface area contributed by atoms with Gasteiger partial charge in [-0.15, -0.1) is 22.0 Å². The monoisotopic (exact) mass is 498 g/mol. The highest BCUT2D eigenvalue weighted by molar-refractivity contribution is 7.98. The molecule has 4 atom stereocenters. The van der Waals surface area contributed by atoms with Gasteiger partial charge in [0.1, 0.15) is 17.7 Å². The van der Waals surface area contributed by atoms with E-state index in [1.807, 2.05) is 25.1 Å². The summed E-state index contributed by atoms with van der Waals surface area (Å²) >= 11 is 1.41. The van der Waals surface area contributed by atoms with Crippen molar-refractivity contribution in [3.05, 3.63) is 42.5 Å². The van der Waals surface area contributed by atoms with Crippen LogP contribution in [0.2, 0.25) is 0 Å². The van der Waals surface area contributed by atoms with Gasteiger partial charge >= 0.3 is 0 Å². The molecule has 0 radical (unpaired) electrons. The first kappa shape index (κ1) is 23.9. The standard InChI is InChI=1S/C25H28F2N6OS/c1-24-7-8-25(2,32-24)22(27)18(11-24)33(3)20-13-29-23(31-30-20)15-6-5-14(9-19(15)34)16-10-21(35-4)28-12-17(16)26/h5-6,9-10,12-13,18,22,32,34H,7-8,11H2,1-4H3/t18-,22-,24-,25+/m1/s1. The molecule has 1 aromatic carbocycles. The topological polar surface area (TPSA) is 87.1 Å². The number of pyridine rings is 1. The fraction of sp³-hybridized carbons (Fsp3) is 0.440. The van der Waals surface area contributed by atoms with E-state index in [1.165, 1.54) is 24.0 Å². The van der Waals surface area contributed by atoms with Gasteiger partial charge in [0, 0.05) is 23.7 Å².